The second kappa shape index (κ2) is 7.67. The number of hydrogen-bond donors (Lipinski definition) is 2. The topological polar surface area (TPSA) is 47.3 Å². The Morgan fingerprint density at radius 3 is 2.71 bits per heavy atom. The molecule has 0 radical (unpaired) electrons. The van der Waals surface area contributed by atoms with Crippen molar-refractivity contribution in [3.05, 3.63) is 34.9 Å². The Labute approximate surface area is 108 Å². The van der Waals surface area contributed by atoms with Crippen LogP contribution < -0.4 is 11.3 Å². The first kappa shape index (κ1) is 14.5. The maximum atomic E-state index is 5.96. The largest absolute Gasteiger partial charge is 0.377 e. The summed E-state index contributed by atoms with van der Waals surface area (Å²) in [5.74, 6) is 5.60. The lowest BCUT2D eigenvalue weighted by Gasteiger charge is -2.25. The van der Waals surface area contributed by atoms with Crippen LogP contribution in [0, 0.1) is 0 Å². The average molecular weight is 257 g/mol. The van der Waals surface area contributed by atoms with Crippen molar-refractivity contribution in [2.24, 2.45) is 5.84 Å². The number of benzene rings is 1. The third kappa shape index (κ3) is 4.64. The molecule has 4 heteroatoms. The fraction of sp³-hybridized carbons (Fsp3) is 0.538. The highest BCUT2D eigenvalue weighted by Gasteiger charge is 2.19. The van der Waals surface area contributed by atoms with E-state index in [0.29, 0.717) is 6.61 Å². The summed E-state index contributed by atoms with van der Waals surface area (Å²) in [4.78, 5) is 0. The van der Waals surface area contributed by atoms with Gasteiger partial charge in [0.25, 0.3) is 0 Å². The van der Waals surface area contributed by atoms with Crippen LogP contribution in [0.5, 0.6) is 0 Å². The summed E-state index contributed by atoms with van der Waals surface area (Å²) in [7, 11) is 0. The lowest BCUT2D eigenvalue weighted by atomic mass is 10.0. The van der Waals surface area contributed by atoms with Gasteiger partial charge in [0.1, 0.15) is 0 Å². The van der Waals surface area contributed by atoms with Gasteiger partial charge in [-0.05, 0) is 37.5 Å². The van der Waals surface area contributed by atoms with Crippen LogP contribution in [-0.2, 0) is 11.2 Å². The van der Waals surface area contributed by atoms with E-state index in [9.17, 15) is 0 Å². The lowest BCUT2D eigenvalue weighted by molar-refractivity contribution is 0.0319. The number of nitrogens with one attached hydrogen (secondary N) is 1. The van der Waals surface area contributed by atoms with Crippen LogP contribution in [0.3, 0.4) is 0 Å². The van der Waals surface area contributed by atoms with Crippen molar-refractivity contribution < 1.29 is 4.74 Å². The molecule has 0 aromatic heterocycles. The number of halogens is 1. The molecular formula is C13H21ClN2O. The molecule has 0 saturated heterocycles. The number of hydrogen-bond acceptors (Lipinski definition) is 3. The summed E-state index contributed by atoms with van der Waals surface area (Å²) in [6.07, 6.45) is 1.88. The Hall–Kier alpha value is -0.610. The van der Waals surface area contributed by atoms with Gasteiger partial charge in [-0.15, -0.1) is 0 Å². The molecule has 0 fully saturated rings. The Morgan fingerprint density at radius 2 is 2.18 bits per heavy atom. The molecule has 0 aliphatic heterocycles. The minimum atomic E-state index is 0.110. The molecule has 0 spiro atoms. The zero-order chi connectivity index (χ0) is 12.7. The van der Waals surface area contributed by atoms with E-state index in [1.807, 2.05) is 25.1 Å². The van der Waals surface area contributed by atoms with E-state index in [1.54, 1.807) is 0 Å². The molecule has 0 heterocycles. The van der Waals surface area contributed by atoms with Crippen LogP contribution >= 0.6 is 11.6 Å². The van der Waals surface area contributed by atoms with E-state index in [2.05, 4.69) is 18.4 Å². The van der Waals surface area contributed by atoms with Gasteiger partial charge in [0.2, 0.25) is 0 Å². The number of ether oxygens (including phenoxy) is 1. The maximum absolute atomic E-state index is 5.96. The summed E-state index contributed by atoms with van der Waals surface area (Å²) in [5.41, 5.74) is 4.00. The van der Waals surface area contributed by atoms with E-state index in [-0.39, 0.29) is 12.1 Å². The number of nitrogens with two attached hydrogens (primary N) is 1. The Kier molecular flexibility index (Phi) is 6.52. The van der Waals surface area contributed by atoms with Gasteiger partial charge in [0.05, 0.1) is 12.1 Å². The van der Waals surface area contributed by atoms with Crippen molar-refractivity contribution in [1.29, 1.82) is 0 Å². The molecule has 3 nitrogen and oxygen atoms in total. The molecule has 17 heavy (non-hydrogen) atoms. The van der Waals surface area contributed by atoms with Gasteiger partial charge in [0, 0.05) is 11.6 Å². The fourth-order valence-electron chi connectivity index (χ4n) is 1.95. The zero-order valence-electron chi connectivity index (χ0n) is 10.4. The van der Waals surface area contributed by atoms with E-state index in [0.717, 1.165) is 17.9 Å². The quantitative estimate of drug-likeness (QED) is 0.582. The van der Waals surface area contributed by atoms with E-state index in [4.69, 9.17) is 22.2 Å². The fourth-order valence-corrected chi connectivity index (χ4v) is 2.16. The number of hydrazine groups is 1. The van der Waals surface area contributed by atoms with Gasteiger partial charge >= 0.3 is 0 Å². The third-order valence-corrected chi connectivity index (χ3v) is 3.03. The van der Waals surface area contributed by atoms with Crippen molar-refractivity contribution in [2.75, 3.05) is 6.61 Å². The van der Waals surface area contributed by atoms with Crippen LogP contribution in [0.4, 0.5) is 0 Å². The summed E-state index contributed by atoms with van der Waals surface area (Å²) < 4.78 is 5.67. The lowest BCUT2D eigenvalue weighted by Crippen LogP contribution is -2.46. The van der Waals surface area contributed by atoms with Crippen LogP contribution in [0.15, 0.2) is 24.3 Å². The molecule has 96 valence electrons. The molecule has 1 rings (SSSR count). The molecule has 0 aliphatic rings. The first-order valence-corrected chi connectivity index (χ1v) is 6.41. The van der Waals surface area contributed by atoms with E-state index < -0.39 is 0 Å². The number of rotatable bonds is 7. The van der Waals surface area contributed by atoms with Crippen molar-refractivity contribution >= 4 is 11.6 Å². The van der Waals surface area contributed by atoms with E-state index >= 15 is 0 Å². The summed E-state index contributed by atoms with van der Waals surface area (Å²) in [5, 5.41) is 0.753. The minimum absolute atomic E-state index is 0.110. The highest BCUT2D eigenvalue weighted by atomic mass is 35.5. The van der Waals surface area contributed by atoms with Gasteiger partial charge in [-0.25, -0.2) is 0 Å². The predicted molar refractivity (Wildman–Crippen MR) is 72.0 cm³/mol. The van der Waals surface area contributed by atoms with Gasteiger partial charge in [0.15, 0.2) is 0 Å². The van der Waals surface area contributed by atoms with Gasteiger partial charge in [-0.2, -0.15) is 0 Å². The summed E-state index contributed by atoms with van der Waals surface area (Å²) in [6, 6.07) is 7.95. The first-order chi connectivity index (χ1) is 8.21. The molecule has 3 N–H and O–H groups in total. The SMILES string of the molecule is CCOC(CC)C(Cc1cccc(Cl)c1)NN. The molecule has 2 atom stereocenters. The minimum Gasteiger partial charge on any atom is -0.377 e. The predicted octanol–water partition coefficient (Wildman–Crippen LogP) is 2.53. The first-order valence-electron chi connectivity index (χ1n) is 6.03. The molecule has 0 bridgehead atoms. The second-order valence-electron chi connectivity index (χ2n) is 4.01. The van der Waals surface area contributed by atoms with Crippen LogP contribution in [-0.4, -0.2) is 18.8 Å². The molecule has 0 amide bonds. The molecule has 1 aromatic carbocycles. The molecule has 1 aromatic rings. The van der Waals surface area contributed by atoms with Crippen molar-refractivity contribution in [3.63, 3.8) is 0 Å². The van der Waals surface area contributed by atoms with Crippen molar-refractivity contribution in [3.8, 4) is 0 Å². The Balaban J connectivity index is 2.68. The highest BCUT2D eigenvalue weighted by molar-refractivity contribution is 6.30. The van der Waals surface area contributed by atoms with Crippen LogP contribution in [0.1, 0.15) is 25.8 Å². The standard InChI is InChI=1S/C13H21ClN2O/c1-3-13(17-4-2)12(16-15)9-10-6-5-7-11(14)8-10/h5-8,12-13,16H,3-4,9,15H2,1-2H3. The van der Waals surface area contributed by atoms with Crippen molar-refractivity contribution in [2.45, 2.75) is 38.8 Å². The van der Waals surface area contributed by atoms with Crippen LogP contribution in [0.25, 0.3) is 0 Å². The maximum Gasteiger partial charge on any atom is 0.0741 e. The molecule has 0 aliphatic carbocycles. The van der Waals surface area contributed by atoms with E-state index in [1.165, 1.54) is 5.56 Å². The summed E-state index contributed by atoms with van der Waals surface area (Å²) in [6.45, 7) is 4.80. The summed E-state index contributed by atoms with van der Waals surface area (Å²) >= 11 is 5.96. The normalized spacial score (nSPS) is 14.6. The highest BCUT2D eigenvalue weighted by Crippen LogP contribution is 2.15. The molecular weight excluding hydrogens is 236 g/mol. The average Bonchev–Trinajstić information content (AvgIpc) is 2.33. The smallest absolute Gasteiger partial charge is 0.0741 e. The molecule has 0 saturated carbocycles. The Bertz CT molecular complexity index is 333. The molecule has 2 unspecified atom stereocenters. The second-order valence-corrected chi connectivity index (χ2v) is 4.45. The van der Waals surface area contributed by atoms with Gasteiger partial charge < -0.3 is 4.74 Å². The Morgan fingerprint density at radius 1 is 1.41 bits per heavy atom. The van der Waals surface area contributed by atoms with Crippen molar-refractivity contribution in [1.82, 2.24) is 5.43 Å². The van der Waals surface area contributed by atoms with Crippen LogP contribution in [0.2, 0.25) is 5.02 Å². The van der Waals surface area contributed by atoms with Gasteiger partial charge in [-0.3, -0.25) is 11.3 Å². The zero-order valence-corrected chi connectivity index (χ0v) is 11.2. The van der Waals surface area contributed by atoms with Gasteiger partial charge in [-0.1, -0.05) is 30.7 Å². The monoisotopic (exact) mass is 256 g/mol. The third-order valence-electron chi connectivity index (χ3n) is 2.79.